The van der Waals surface area contributed by atoms with Crippen molar-refractivity contribution >= 4 is 38.3 Å². The number of nitrogens with one attached hydrogen (secondary N) is 3. The Morgan fingerprint density at radius 2 is 1.81 bits per heavy atom. The molecule has 0 bridgehead atoms. The van der Waals surface area contributed by atoms with Crippen LogP contribution in [0, 0.1) is 23.0 Å². The molecule has 298 valence electrons. The van der Waals surface area contributed by atoms with E-state index in [-0.39, 0.29) is 28.8 Å². The molecule has 57 heavy (non-hydrogen) atoms. The number of aryl methyl sites for hydroxylation is 1. The Labute approximate surface area is 332 Å². The molecule has 4 heterocycles. The van der Waals surface area contributed by atoms with Gasteiger partial charge in [0, 0.05) is 49.5 Å². The number of H-pyrrole nitrogens is 1. The minimum atomic E-state index is -4.52. The number of aromatic amines is 1. The molecule has 13 nitrogen and oxygen atoms in total. The van der Waals surface area contributed by atoms with Gasteiger partial charge in [-0.25, -0.2) is 18.1 Å². The number of nitrogens with zero attached hydrogens (tertiary/aromatic N) is 3. The van der Waals surface area contributed by atoms with Crippen LogP contribution in [0.25, 0.3) is 11.0 Å². The molecule has 2 aliphatic heterocycles. The molecule has 2 aromatic heterocycles. The number of anilines is 1. The average Bonchev–Trinajstić information content (AvgIpc) is 3.91. The number of carbonyl (C=O) groups excluding carboxylic acids is 1. The molecule has 3 aliphatic rings. The Balaban J connectivity index is 1.01. The maximum Gasteiger partial charge on any atom is 0.293 e. The Bertz CT molecular complexity index is 2370. The number of hydrogen-bond acceptors (Lipinski definition) is 10. The first-order valence-corrected chi connectivity index (χ1v) is 21.3. The number of fused-ring (bicyclic) bond motifs is 1. The van der Waals surface area contributed by atoms with Gasteiger partial charge in [0.25, 0.3) is 21.6 Å². The molecule has 1 amide bonds. The van der Waals surface area contributed by atoms with E-state index in [9.17, 15) is 23.3 Å². The lowest BCUT2D eigenvalue weighted by atomic mass is 9.80. The summed E-state index contributed by atoms with van der Waals surface area (Å²) in [6.45, 7) is 5.06. The molecule has 14 heteroatoms. The second-order valence-electron chi connectivity index (χ2n) is 15.5. The quantitative estimate of drug-likeness (QED) is 0.0824. The van der Waals surface area contributed by atoms with Crippen LogP contribution in [-0.4, -0.2) is 66.5 Å². The summed E-state index contributed by atoms with van der Waals surface area (Å²) < 4.78 is 41.1. The fourth-order valence-electron chi connectivity index (χ4n) is 8.85. The molecule has 0 radical (unpaired) electrons. The van der Waals surface area contributed by atoms with Crippen molar-refractivity contribution in [1.82, 2.24) is 19.6 Å². The van der Waals surface area contributed by atoms with E-state index in [1.54, 1.807) is 24.5 Å². The van der Waals surface area contributed by atoms with Gasteiger partial charge in [-0.3, -0.25) is 19.8 Å². The van der Waals surface area contributed by atoms with Gasteiger partial charge in [0.15, 0.2) is 0 Å². The van der Waals surface area contributed by atoms with Crippen molar-refractivity contribution in [3.8, 4) is 11.5 Å². The summed E-state index contributed by atoms with van der Waals surface area (Å²) in [5, 5.41) is 16.0. The zero-order valence-electron chi connectivity index (χ0n) is 32.0. The molecule has 0 spiro atoms. The van der Waals surface area contributed by atoms with E-state index in [0.29, 0.717) is 43.2 Å². The number of nitro benzene ring substituents is 1. The molecule has 1 aliphatic carbocycles. The summed E-state index contributed by atoms with van der Waals surface area (Å²) >= 11 is 0. The Morgan fingerprint density at radius 1 is 1.00 bits per heavy atom. The summed E-state index contributed by atoms with van der Waals surface area (Å²) in [6, 6.07) is 22.2. The number of benzene rings is 3. The smallest absolute Gasteiger partial charge is 0.293 e. The van der Waals surface area contributed by atoms with Gasteiger partial charge in [-0.15, -0.1) is 0 Å². The SMILES string of the molecule is Cc1ccccc1C1CCCN1C1CCC(c2ccc(C(=O)NS(=O)(=O)c3ccc(NCC4CCOCC4)c([N+](=O)[O-])c3)c(Oc3cnc4[nH]ccc4c3)c2)CC1. The van der Waals surface area contributed by atoms with Gasteiger partial charge in [0.1, 0.15) is 22.8 Å². The lowest BCUT2D eigenvalue weighted by Gasteiger charge is -2.38. The van der Waals surface area contributed by atoms with Crippen molar-refractivity contribution in [3.63, 3.8) is 0 Å². The third-order valence-electron chi connectivity index (χ3n) is 12.0. The highest BCUT2D eigenvalue weighted by atomic mass is 32.2. The summed E-state index contributed by atoms with van der Waals surface area (Å²) in [5.41, 5.74) is 4.27. The number of rotatable bonds is 12. The normalized spacial score (nSPS) is 20.7. The van der Waals surface area contributed by atoms with Gasteiger partial charge in [0.05, 0.1) is 21.6 Å². The van der Waals surface area contributed by atoms with Crippen LogP contribution in [0.5, 0.6) is 11.5 Å². The van der Waals surface area contributed by atoms with Crippen LogP contribution in [0.1, 0.15) is 90.4 Å². The van der Waals surface area contributed by atoms with Crippen LogP contribution < -0.4 is 14.8 Å². The number of ether oxygens (including phenoxy) is 2. The second kappa shape index (κ2) is 16.7. The highest BCUT2D eigenvalue weighted by Crippen LogP contribution is 2.43. The van der Waals surface area contributed by atoms with Crippen molar-refractivity contribution < 1.29 is 27.6 Å². The number of aromatic nitrogens is 2. The second-order valence-corrected chi connectivity index (χ2v) is 17.2. The van der Waals surface area contributed by atoms with Crippen LogP contribution in [0.2, 0.25) is 0 Å². The van der Waals surface area contributed by atoms with Gasteiger partial charge in [-0.2, -0.15) is 0 Å². The van der Waals surface area contributed by atoms with Crippen molar-refractivity contribution in [2.24, 2.45) is 5.92 Å². The average molecular weight is 793 g/mol. The minimum Gasteiger partial charge on any atom is -0.455 e. The predicted octanol–water partition coefficient (Wildman–Crippen LogP) is 8.39. The summed E-state index contributed by atoms with van der Waals surface area (Å²) in [4.78, 5) is 35.1. The fraction of sp³-hybridized carbons (Fsp3) is 0.395. The molecule has 5 aromatic rings. The number of hydrogen-bond donors (Lipinski definition) is 3. The standard InChI is InChI=1S/C43H48N6O7S/c1-28-5-2-3-6-36(28)39-7-4-20-48(39)33-11-8-30(9-12-33)31-10-14-37(41(24-31)56-34-23-32-16-19-44-42(32)46-27-34)43(50)47-57(53,54)35-13-15-38(40(25-35)49(51)52)45-26-29-17-21-55-22-18-29/h2-3,5-6,10,13-16,19,23-25,27,29-30,33,39,45H,4,7-9,11-12,17-18,20-22,26H2,1H3,(H,44,46)(H,47,50). The van der Waals surface area contributed by atoms with Gasteiger partial charge >= 0.3 is 0 Å². The van der Waals surface area contributed by atoms with Crippen LogP contribution in [-0.2, 0) is 14.8 Å². The van der Waals surface area contributed by atoms with Crippen LogP contribution in [0.3, 0.4) is 0 Å². The van der Waals surface area contributed by atoms with Crippen LogP contribution in [0.4, 0.5) is 11.4 Å². The lowest BCUT2D eigenvalue weighted by Crippen LogP contribution is -2.37. The Kier molecular flexibility index (Phi) is 11.3. The van der Waals surface area contributed by atoms with E-state index in [0.717, 1.165) is 62.1 Å². The summed E-state index contributed by atoms with van der Waals surface area (Å²) in [7, 11) is -4.52. The highest BCUT2D eigenvalue weighted by Gasteiger charge is 2.35. The molecule has 1 atom stereocenters. The molecule has 2 saturated heterocycles. The Morgan fingerprint density at radius 3 is 2.60 bits per heavy atom. The maximum atomic E-state index is 13.9. The number of pyridine rings is 1. The largest absolute Gasteiger partial charge is 0.455 e. The van der Waals surface area contributed by atoms with E-state index < -0.39 is 31.4 Å². The Hall–Kier alpha value is -5.31. The van der Waals surface area contributed by atoms with Gasteiger partial charge < -0.3 is 19.8 Å². The fourth-order valence-corrected chi connectivity index (χ4v) is 9.83. The van der Waals surface area contributed by atoms with Gasteiger partial charge in [-0.05, 0) is 130 Å². The monoisotopic (exact) mass is 792 g/mol. The lowest BCUT2D eigenvalue weighted by molar-refractivity contribution is -0.384. The molecule has 1 unspecified atom stereocenters. The first-order chi connectivity index (χ1) is 27.6. The zero-order valence-corrected chi connectivity index (χ0v) is 32.8. The number of amides is 1. The van der Waals surface area contributed by atoms with Crippen LogP contribution in [0.15, 0.2) is 90.1 Å². The topological polar surface area (TPSA) is 169 Å². The number of nitro groups is 1. The molecule has 3 N–H and O–H groups in total. The first-order valence-electron chi connectivity index (χ1n) is 19.9. The third-order valence-corrected chi connectivity index (χ3v) is 13.3. The van der Waals surface area contributed by atoms with Gasteiger partial charge in [0.2, 0.25) is 0 Å². The van der Waals surface area contributed by atoms with Crippen molar-refractivity contribution in [1.29, 1.82) is 0 Å². The predicted molar refractivity (Wildman–Crippen MR) is 217 cm³/mol. The zero-order chi connectivity index (χ0) is 39.5. The summed E-state index contributed by atoms with van der Waals surface area (Å²) in [5.74, 6) is 0.170. The van der Waals surface area contributed by atoms with E-state index in [1.165, 1.54) is 36.1 Å². The minimum absolute atomic E-state index is 0.00700. The van der Waals surface area contributed by atoms with Crippen molar-refractivity contribution in [2.75, 3.05) is 31.6 Å². The molecule has 1 saturated carbocycles. The van der Waals surface area contributed by atoms with E-state index in [1.807, 2.05) is 18.2 Å². The van der Waals surface area contributed by atoms with Crippen molar-refractivity contribution in [3.05, 3.63) is 118 Å². The third kappa shape index (κ3) is 8.53. The molecular weight excluding hydrogens is 745 g/mol. The molecular formula is C43H48N6O7S. The molecule has 8 rings (SSSR count). The molecule has 3 aromatic carbocycles. The van der Waals surface area contributed by atoms with Gasteiger partial charge in [-0.1, -0.05) is 30.3 Å². The summed E-state index contributed by atoms with van der Waals surface area (Å²) in [6.07, 6.45) is 11.4. The van der Waals surface area contributed by atoms with E-state index in [2.05, 4.69) is 56.1 Å². The molecule has 3 fully saturated rings. The number of sulfonamides is 1. The highest BCUT2D eigenvalue weighted by molar-refractivity contribution is 7.90. The maximum absolute atomic E-state index is 13.9. The van der Waals surface area contributed by atoms with Crippen LogP contribution >= 0.6 is 0 Å². The number of likely N-dealkylation sites (tertiary alicyclic amines) is 1. The van der Waals surface area contributed by atoms with E-state index >= 15 is 0 Å². The van der Waals surface area contributed by atoms with E-state index in [4.69, 9.17) is 9.47 Å². The first kappa shape index (κ1) is 38.6. The van der Waals surface area contributed by atoms with Crippen molar-refractivity contribution in [2.45, 2.75) is 81.2 Å². The number of carbonyl (C=O) groups is 1.